The molecule has 0 radical (unpaired) electrons. The summed E-state index contributed by atoms with van der Waals surface area (Å²) in [6.45, 7) is 3.01. The molecule has 0 N–H and O–H groups in total. The van der Waals surface area contributed by atoms with Crippen LogP contribution in [0.1, 0.15) is 30.1 Å². The van der Waals surface area contributed by atoms with Crippen molar-refractivity contribution < 1.29 is 9.18 Å². The first-order chi connectivity index (χ1) is 9.19. The van der Waals surface area contributed by atoms with E-state index in [1.54, 1.807) is 10.7 Å². The van der Waals surface area contributed by atoms with Gasteiger partial charge < -0.3 is 4.90 Å². The fourth-order valence-electron chi connectivity index (χ4n) is 2.52. The van der Waals surface area contributed by atoms with Crippen LogP contribution in [0.15, 0.2) is 24.5 Å². The molecule has 4 nitrogen and oxygen atoms in total. The van der Waals surface area contributed by atoms with Crippen molar-refractivity contribution in [2.75, 3.05) is 18.0 Å². The van der Waals surface area contributed by atoms with Crippen molar-refractivity contribution in [1.29, 1.82) is 0 Å². The summed E-state index contributed by atoms with van der Waals surface area (Å²) in [5.74, 6) is 0.0905. The SMILES string of the molecule is CCC(=O)c1cnn2cc(N3CC[C@@H](F)C3)ccc12. The molecule has 1 saturated heterocycles. The smallest absolute Gasteiger partial charge is 0.166 e. The summed E-state index contributed by atoms with van der Waals surface area (Å²) in [4.78, 5) is 13.8. The molecule has 0 amide bonds. The number of aromatic nitrogens is 2. The van der Waals surface area contributed by atoms with Gasteiger partial charge in [-0.25, -0.2) is 8.91 Å². The molecule has 0 aliphatic carbocycles. The molecule has 2 aromatic heterocycles. The van der Waals surface area contributed by atoms with Crippen LogP contribution in [0.5, 0.6) is 0 Å². The third kappa shape index (κ3) is 2.09. The van der Waals surface area contributed by atoms with Gasteiger partial charge in [0.15, 0.2) is 5.78 Å². The van der Waals surface area contributed by atoms with Crippen LogP contribution in [0.3, 0.4) is 0 Å². The van der Waals surface area contributed by atoms with Crippen LogP contribution in [0.2, 0.25) is 0 Å². The van der Waals surface area contributed by atoms with Crippen molar-refractivity contribution in [3.05, 3.63) is 30.1 Å². The third-order valence-corrected chi connectivity index (χ3v) is 3.62. The first-order valence-corrected chi connectivity index (χ1v) is 6.58. The highest BCUT2D eigenvalue weighted by atomic mass is 19.1. The van der Waals surface area contributed by atoms with E-state index < -0.39 is 6.17 Å². The van der Waals surface area contributed by atoms with Gasteiger partial charge in [-0.1, -0.05) is 6.92 Å². The number of ketones is 1. The van der Waals surface area contributed by atoms with Crippen molar-refractivity contribution in [2.24, 2.45) is 0 Å². The third-order valence-electron chi connectivity index (χ3n) is 3.62. The summed E-state index contributed by atoms with van der Waals surface area (Å²) >= 11 is 0. The number of fused-ring (bicyclic) bond motifs is 1. The van der Waals surface area contributed by atoms with Gasteiger partial charge in [-0.05, 0) is 18.6 Å². The summed E-state index contributed by atoms with van der Waals surface area (Å²) < 4.78 is 14.9. The van der Waals surface area contributed by atoms with Gasteiger partial charge in [0.05, 0.1) is 29.2 Å². The van der Waals surface area contributed by atoms with E-state index in [4.69, 9.17) is 0 Å². The topological polar surface area (TPSA) is 37.6 Å². The number of hydrogen-bond acceptors (Lipinski definition) is 3. The van der Waals surface area contributed by atoms with Crippen molar-refractivity contribution >= 4 is 17.0 Å². The van der Waals surface area contributed by atoms with E-state index in [2.05, 4.69) is 5.10 Å². The molecule has 1 aliphatic heterocycles. The van der Waals surface area contributed by atoms with E-state index in [9.17, 15) is 9.18 Å². The van der Waals surface area contributed by atoms with Crippen molar-refractivity contribution in [1.82, 2.24) is 9.61 Å². The Hall–Kier alpha value is -1.91. The summed E-state index contributed by atoms with van der Waals surface area (Å²) in [5, 5.41) is 4.21. The zero-order valence-corrected chi connectivity index (χ0v) is 10.8. The minimum absolute atomic E-state index is 0.0905. The van der Waals surface area contributed by atoms with Crippen LogP contribution in [-0.4, -0.2) is 34.7 Å². The zero-order chi connectivity index (χ0) is 13.4. The second-order valence-electron chi connectivity index (χ2n) is 4.88. The first-order valence-electron chi connectivity index (χ1n) is 6.58. The second kappa shape index (κ2) is 4.64. The Labute approximate surface area is 110 Å². The van der Waals surface area contributed by atoms with E-state index in [-0.39, 0.29) is 5.78 Å². The molecule has 19 heavy (non-hydrogen) atoms. The molecule has 1 aliphatic rings. The van der Waals surface area contributed by atoms with Gasteiger partial charge in [0, 0.05) is 19.5 Å². The minimum Gasteiger partial charge on any atom is -0.367 e. The lowest BCUT2D eigenvalue weighted by molar-refractivity contribution is 0.0989. The number of pyridine rings is 1. The van der Waals surface area contributed by atoms with E-state index in [0.717, 1.165) is 17.7 Å². The molecule has 5 heteroatoms. The predicted molar refractivity (Wildman–Crippen MR) is 71.5 cm³/mol. The maximum atomic E-state index is 13.2. The van der Waals surface area contributed by atoms with Crippen LogP contribution in [0, 0.1) is 0 Å². The van der Waals surface area contributed by atoms with E-state index in [1.165, 1.54) is 0 Å². The summed E-state index contributed by atoms with van der Waals surface area (Å²) in [7, 11) is 0. The van der Waals surface area contributed by atoms with Crippen LogP contribution in [-0.2, 0) is 0 Å². The Morgan fingerprint density at radius 1 is 1.53 bits per heavy atom. The molecule has 2 aromatic rings. The van der Waals surface area contributed by atoms with Gasteiger partial charge in [0.2, 0.25) is 0 Å². The van der Waals surface area contributed by atoms with Crippen LogP contribution >= 0.6 is 0 Å². The molecular weight excluding hydrogens is 245 g/mol. The fraction of sp³-hybridized carbons (Fsp3) is 0.429. The molecule has 0 bridgehead atoms. The maximum absolute atomic E-state index is 13.2. The van der Waals surface area contributed by atoms with Crippen molar-refractivity contribution in [2.45, 2.75) is 25.9 Å². The van der Waals surface area contributed by atoms with Crippen molar-refractivity contribution in [3.8, 4) is 0 Å². The Morgan fingerprint density at radius 3 is 3.05 bits per heavy atom. The molecule has 1 atom stereocenters. The summed E-state index contributed by atoms with van der Waals surface area (Å²) in [6, 6.07) is 3.82. The molecule has 1 fully saturated rings. The monoisotopic (exact) mass is 261 g/mol. The van der Waals surface area contributed by atoms with Crippen molar-refractivity contribution in [3.63, 3.8) is 0 Å². The lowest BCUT2D eigenvalue weighted by Crippen LogP contribution is -2.20. The molecular formula is C14H16FN3O. The number of halogens is 1. The van der Waals surface area contributed by atoms with Gasteiger partial charge in [-0.2, -0.15) is 5.10 Å². The van der Waals surface area contributed by atoms with Gasteiger partial charge in [0.25, 0.3) is 0 Å². The quantitative estimate of drug-likeness (QED) is 0.797. The average molecular weight is 261 g/mol. The van der Waals surface area contributed by atoms with E-state index in [0.29, 0.717) is 24.9 Å². The fourth-order valence-corrected chi connectivity index (χ4v) is 2.52. The largest absolute Gasteiger partial charge is 0.367 e. The van der Waals surface area contributed by atoms with Gasteiger partial charge >= 0.3 is 0 Å². The molecule has 0 spiro atoms. The lowest BCUT2D eigenvalue weighted by Gasteiger charge is -2.17. The minimum atomic E-state index is -0.745. The highest BCUT2D eigenvalue weighted by molar-refractivity contribution is 6.02. The lowest BCUT2D eigenvalue weighted by atomic mass is 10.1. The number of alkyl halides is 1. The zero-order valence-electron chi connectivity index (χ0n) is 10.8. The normalized spacial score (nSPS) is 19.3. The predicted octanol–water partition coefficient (Wildman–Crippen LogP) is 2.48. The Kier molecular flexibility index (Phi) is 2.97. The molecule has 3 rings (SSSR count). The number of rotatable bonds is 3. The number of anilines is 1. The number of Topliss-reactive ketones (excluding diaryl/α,β-unsaturated/α-hetero) is 1. The number of carbonyl (C=O) groups is 1. The Bertz CT molecular complexity index is 622. The number of hydrogen-bond donors (Lipinski definition) is 0. The number of nitrogens with zero attached hydrogens (tertiary/aromatic N) is 3. The average Bonchev–Trinajstić information content (AvgIpc) is 3.03. The highest BCUT2D eigenvalue weighted by Gasteiger charge is 2.22. The molecule has 3 heterocycles. The van der Waals surface area contributed by atoms with E-state index in [1.807, 2.05) is 30.2 Å². The Balaban J connectivity index is 1.96. The van der Waals surface area contributed by atoms with Crippen LogP contribution in [0.25, 0.3) is 5.52 Å². The molecule has 0 aromatic carbocycles. The highest BCUT2D eigenvalue weighted by Crippen LogP contribution is 2.23. The summed E-state index contributed by atoms with van der Waals surface area (Å²) in [5.41, 5.74) is 2.41. The molecule has 0 unspecified atom stereocenters. The molecule has 100 valence electrons. The molecule has 0 saturated carbocycles. The van der Waals surface area contributed by atoms with Gasteiger partial charge in [-0.15, -0.1) is 0 Å². The van der Waals surface area contributed by atoms with Gasteiger partial charge in [0.1, 0.15) is 6.17 Å². The second-order valence-corrected chi connectivity index (χ2v) is 4.88. The first kappa shape index (κ1) is 12.1. The standard InChI is InChI=1S/C14H16FN3O/c1-2-14(19)12-7-16-18-9-11(3-4-13(12)18)17-6-5-10(15)8-17/h3-4,7,9-10H,2,5-6,8H2,1H3/t10-/m1/s1. The maximum Gasteiger partial charge on any atom is 0.166 e. The van der Waals surface area contributed by atoms with Gasteiger partial charge in [-0.3, -0.25) is 4.79 Å². The van der Waals surface area contributed by atoms with E-state index >= 15 is 0 Å². The summed E-state index contributed by atoms with van der Waals surface area (Å²) in [6.07, 6.45) is 3.77. The number of carbonyl (C=O) groups excluding carboxylic acids is 1. The Morgan fingerprint density at radius 2 is 2.37 bits per heavy atom. The van der Waals surface area contributed by atoms with Crippen LogP contribution < -0.4 is 4.90 Å². The van der Waals surface area contributed by atoms with Crippen LogP contribution in [0.4, 0.5) is 10.1 Å².